The molecule has 1 aliphatic heterocycles. The Balaban J connectivity index is 1.78. The van der Waals surface area contributed by atoms with Crippen LogP contribution in [0.5, 0.6) is 0 Å². The number of hydrogen-bond donors (Lipinski definition) is 1. The van der Waals surface area contributed by atoms with Gasteiger partial charge in [-0.3, -0.25) is 4.79 Å². The summed E-state index contributed by atoms with van der Waals surface area (Å²) < 4.78 is 112. The van der Waals surface area contributed by atoms with Crippen molar-refractivity contribution in [2.45, 2.75) is 64.0 Å². The molecule has 1 saturated carbocycles. The molecule has 2 aromatic carbocycles. The summed E-state index contributed by atoms with van der Waals surface area (Å²) in [4.78, 5) is 14.5. The Morgan fingerprint density at radius 2 is 1.71 bits per heavy atom. The summed E-state index contributed by atoms with van der Waals surface area (Å²) in [7, 11) is -4.49. The molecule has 1 heterocycles. The second kappa shape index (κ2) is 9.86. The van der Waals surface area contributed by atoms with Crippen LogP contribution in [0.1, 0.15) is 39.2 Å². The lowest BCUT2D eigenvalue weighted by atomic mass is 9.89. The average molecular weight is 563 g/mol. The third kappa shape index (κ3) is 5.16. The predicted octanol–water partition coefficient (Wildman–Crippen LogP) is 5.20. The molecule has 0 bridgehead atoms. The van der Waals surface area contributed by atoms with E-state index in [9.17, 15) is 35.2 Å². The molecule has 1 N–H and O–H groups in total. The summed E-state index contributed by atoms with van der Waals surface area (Å²) in [6.07, 6.45) is -2.42. The molecule has 2 aliphatic rings. The van der Waals surface area contributed by atoms with Gasteiger partial charge in [0, 0.05) is 29.6 Å². The van der Waals surface area contributed by atoms with Crippen LogP contribution in [0.15, 0.2) is 36.4 Å². The number of alkyl halides is 3. The Bertz CT molecular complexity index is 1320. The van der Waals surface area contributed by atoms with Crippen LogP contribution >= 0.6 is 0 Å². The summed E-state index contributed by atoms with van der Waals surface area (Å²) in [6.45, 7) is 2.90. The largest absolute Gasteiger partial charge is 0.336 e. The van der Waals surface area contributed by atoms with E-state index in [1.54, 1.807) is 0 Å². The van der Waals surface area contributed by atoms with Crippen molar-refractivity contribution in [3.63, 3.8) is 0 Å². The first kappa shape index (κ1) is 28.4. The van der Waals surface area contributed by atoms with E-state index < -0.39 is 68.2 Å². The Labute approximate surface area is 217 Å². The number of rotatable bonds is 8. The van der Waals surface area contributed by atoms with Gasteiger partial charge >= 0.3 is 0 Å². The minimum absolute atomic E-state index is 0.0278. The number of benzene rings is 2. The summed E-state index contributed by atoms with van der Waals surface area (Å²) >= 11 is 0. The van der Waals surface area contributed by atoms with Gasteiger partial charge in [0.05, 0.1) is 6.04 Å². The molecule has 38 heavy (non-hydrogen) atoms. The van der Waals surface area contributed by atoms with Crippen LogP contribution in [0.4, 0.5) is 26.3 Å². The first-order valence-electron chi connectivity index (χ1n) is 12.1. The normalized spacial score (nSPS) is 21.8. The van der Waals surface area contributed by atoms with Gasteiger partial charge in [-0.15, -0.1) is 0 Å². The smallest absolute Gasteiger partial charge is 0.252 e. The fraction of sp³-hybridized carbons (Fsp3) is 0.500. The molecule has 3 atom stereocenters. The molecule has 1 aliphatic carbocycles. The van der Waals surface area contributed by atoms with Gasteiger partial charge in [0.2, 0.25) is 21.4 Å². The molecule has 1 amide bonds. The fourth-order valence-corrected chi connectivity index (χ4v) is 6.00. The van der Waals surface area contributed by atoms with Crippen molar-refractivity contribution in [2.24, 2.45) is 10.8 Å². The fourth-order valence-electron chi connectivity index (χ4n) is 5.06. The van der Waals surface area contributed by atoms with Gasteiger partial charge in [-0.25, -0.2) is 39.5 Å². The van der Waals surface area contributed by atoms with Crippen molar-refractivity contribution in [2.75, 3.05) is 6.54 Å². The molecule has 1 unspecified atom stereocenters. The molecular formula is C26H28F6N2O3S. The highest BCUT2D eigenvalue weighted by Gasteiger charge is 2.63. The summed E-state index contributed by atoms with van der Waals surface area (Å²) in [5, 5.41) is 0. The van der Waals surface area contributed by atoms with Gasteiger partial charge in [0.15, 0.2) is 0 Å². The van der Waals surface area contributed by atoms with Crippen LogP contribution in [0.3, 0.4) is 0 Å². The van der Waals surface area contributed by atoms with Crippen LogP contribution in [-0.4, -0.2) is 49.8 Å². The zero-order chi connectivity index (χ0) is 28.2. The Morgan fingerprint density at radius 3 is 2.24 bits per heavy atom. The number of amides is 1. The molecule has 4 rings (SSSR count). The number of sulfonamides is 1. The third-order valence-corrected chi connectivity index (χ3v) is 9.02. The number of carbonyl (C=O) groups is 1. The number of nitrogens with zero attached hydrogens (tertiary/aromatic N) is 1. The average Bonchev–Trinajstić information content (AvgIpc) is 3.54. The van der Waals surface area contributed by atoms with Crippen molar-refractivity contribution in [3.8, 4) is 11.1 Å². The van der Waals surface area contributed by atoms with Gasteiger partial charge in [0.1, 0.15) is 22.9 Å². The molecule has 12 heteroatoms. The van der Waals surface area contributed by atoms with Gasteiger partial charge in [0.25, 0.3) is 6.43 Å². The van der Waals surface area contributed by atoms with Gasteiger partial charge in [-0.1, -0.05) is 18.2 Å². The number of likely N-dealkylation sites (tertiary alicyclic amines) is 1. The van der Waals surface area contributed by atoms with Crippen molar-refractivity contribution in [3.05, 3.63) is 59.4 Å². The van der Waals surface area contributed by atoms with Crippen molar-refractivity contribution >= 4 is 15.9 Å². The SMILES string of the molecule is CC(F)S(=O)(=O)N[C@@H]1[C@H](Cc2cccc(-c3cc(F)cc(F)c3)c2F)N(C(=O)C(C)(C)C(F)F)CC12CC2. The third-order valence-electron chi connectivity index (χ3n) is 7.58. The molecule has 2 aromatic rings. The maximum absolute atomic E-state index is 15.7. The molecule has 1 spiro atoms. The van der Waals surface area contributed by atoms with Gasteiger partial charge in [-0.2, -0.15) is 0 Å². The van der Waals surface area contributed by atoms with E-state index in [1.165, 1.54) is 18.2 Å². The van der Waals surface area contributed by atoms with Crippen molar-refractivity contribution in [1.82, 2.24) is 9.62 Å². The van der Waals surface area contributed by atoms with E-state index >= 15 is 4.39 Å². The highest BCUT2D eigenvalue weighted by atomic mass is 32.2. The Hall–Kier alpha value is -2.60. The van der Waals surface area contributed by atoms with Crippen molar-refractivity contribution in [1.29, 1.82) is 0 Å². The topological polar surface area (TPSA) is 66.5 Å². The first-order valence-corrected chi connectivity index (χ1v) is 13.6. The Morgan fingerprint density at radius 1 is 1.11 bits per heavy atom. The van der Waals surface area contributed by atoms with E-state index in [-0.39, 0.29) is 29.7 Å². The van der Waals surface area contributed by atoms with E-state index in [1.807, 2.05) is 0 Å². The monoisotopic (exact) mass is 562 g/mol. The number of carbonyl (C=O) groups excluding carboxylic acids is 1. The van der Waals surface area contributed by atoms with E-state index in [0.717, 1.165) is 37.8 Å². The maximum atomic E-state index is 15.7. The molecule has 5 nitrogen and oxygen atoms in total. The van der Waals surface area contributed by atoms with Crippen molar-refractivity contribution < 1.29 is 39.6 Å². The van der Waals surface area contributed by atoms with Crippen LogP contribution in [0.25, 0.3) is 11.1 Å². The molecule has 0 radical (unpaired) electrons. The zero-order valence-corrected chi connectivity index (χ0v) is 21.8. The maximum Gasteiger partial charge on any atom is 0.252 e. The van der Waals surface area contributed by atoms with Gasteiger partial charge < -0.3 is 4.90 Å². The zero-order valence-electron chi connectivity index (χ0n) is 20.9. The summed E-state index contributed by atoms with van der Waals surface area (Å²) in [5.41, 5.74) is -5.46. The molecule has 0 aromatic heterocycles. The number of hydrogen-bond acceptors (Lipinski definition) is 3. The quantitative estimate of drug-likeness (QED) is 0.450. The first-order chi connectivity index (χ1) is 17.6. The standard InChI is InChI=1S/C26H28F6N2O3S/c1-14(27)38(36,37)33-22-20(34(13-26(22)7-8-26)24(35)25(2,3)23(31)32)11-15-5-4-6-19(21(15)30)16-9-17(28)12-18(29)10-16/h4-6,9-10,12,14,20,22-23,33H,7-8,11,13H2,1-3H3/t14?,20-,22+/m0/s1. The van der Waals surface area contributed by atoms with E-state index in [4.69, 9.17) is 0 Å². The lowest BCUT2D eigenvalue weighted by Gasteiger charge is -2.34. The molecule has 1 saturated heterocycles. The minimum Gasteiger partial charge on any atom is -0.336 e. The minimum atomic E-state index is -4.49. The Kier molecular flexibility index (Phi) is 7.37. The second-order valence-electron chi connectivity index (χ2n) is 10.7. The second-order valence-corrected chi connectivity index (χ2v) is 12.7. The van der Waals surface area contributed by atoms with Gasteiger partial charge in [-0.05, 0) is 63.3 Å². The summed E-state index contributed by atoms with van der Waals surface area (Å²) in [5.74, 6) is -3.65. The van der Waals surface area contributed by atoms with E-state index in [0.29, 0.717) is 18.9 Å². The van der Waals surface area contributed by atoms with E-state index in [2.05, 4.69) is 4.72 Å². The predicted molar refractivity (Wildman–Crippen MR) is 129 cm³/mol. The van der Waals surface area contributed by atoms with Crippen LogP contribution in [-0.2, 0) is 21.2 Å². The highest BCUT2D eigenvalue weighted by molar-refractivity contribution is 7.89. The van der Waals surface area contributed by atoms with Crippen LogP contribution in [0, 0.1) is 28.3 Å². The number of halogens is 6. The molecule has 2 fully saturated rings. The van der Waals surface area contributed by atoms with Crippen LogP contribution < -0.4 is 4.72 Å². The highest BCUT2D eigenvalue weighted by Crippen LogP contribution is 2.56. The van der Waals surface area contributed by atoms with Crippen LogP contribution in [0.2, 0.25) is 0 Å². The number of nitrogens with one attached hydrogen (secondary N) is 1. The molecular weight excluding hydrogens is 534 g/mol. The summed E-state index contributed by atoms with van der Waals surface area (Å²) in [6, 6.07) is 4.44. The lowest BCUT2D eigenvalue weighted by molar-refractivity contribution is -0.150. The molecule has 208 valence electrons. The lowest BCUT2D eigenvalue weighted by Crippen LogP contribution is -2.53.